The molecule has 4 nitrogen and oxygen atoms in total. The Labute approximate surface area is 112 Å². The zero-order valence-corrected chi connectivity index (χ0v) is 11.1. The third-order valence-electron chi connectivity index (χ3n) is 3.35. The predicted molar refractivity (Wildman–Crippen MR) is 70.4 cm³/mol. The monoisotopic (exact) mass is 268 g/mol. The number of amides is 1. The number of carbonyl (C=O) groups is 1. The summed E-state index contributed by atoms with van der Waals surface area (Å²) < 4.78 is 5.32. The Bertz CT molecular complexity index is 422. The molecule has 0 aliphatic carbocycles. The lowest BCUT2D eigenvalue weighted by Crippen LogP contribution is -2.53. The highest BCUT2D eigenvalue weighted by Crippen LogP contribution is 2.25. The molecule has 0 saturated carbocycles. The van der Waals surface area contributed by atoms with Gasteiger partial charge in [-0.05, 0) is 24.6 Å². The molecule has 1 unspecified atom stereocenters. The maximum atomic E-state index is 11.4. The first kappa shape index (κ1) is 13.3. The Morgan fingerprint density at radius 2 is 2.17 bits per heavy atom. The second-order valence-corrected chi connectivity index (χ2v) is 4.89. The first-order chi connectivity index (χ1) is 8.59. The molecule has 5 heteroatoms. The molecule has 1 fully saturated rings. The molecule has 0 spiro atoms. The van der Waals surface area contributed by atoms with Gasteiger partial charge in [-0.2, -0.15) is 0 Å². The second-order valence-electron chi connectivity index (χ2n) is 4.46. The topological polar surface area (TPSA) is 55.6 Å². The van der Waals surface area contributed by atoms with E-state index >= 15 is 0 Å². The van der Waals surface area contributed by atoms with E-state index in [4.69, 9.17) is 22.1 Å². The molecule has 18 heavy (non-hydrogen) atoms. The molecule has 1 aliphatic rings. The van der Waals surface area contributed by atoms with Gasteiger partial charge in [0.1, 0.15) is 6.04 Å². The molecule has 0 radical (unpaired) electrons. The van der Waals surface area contributed by atoms with Crippen LogP contribution in [0.25, 0.3) is 0 Å². The van der Waals surface area contributed by atoms with Gasteiger partial charge in [-0.1, -0.05) is 23.7 Å². The van der Waals surface area contributed by atoms with Crippen LogP contribution in [-0.2, 0) is 9.53 Å². The summed E-state index contributed by atoms with van der Waals surface area (Å²) in [4.78, 5) is 13.5. The van der Waals surface area contributed by atoms with Crippen LogP contribution in [-0.4, -0.2) is 36.6 Å². The quantitative estimate of drug-likeness (QED) is 0.906. The third-order valence-corrected chi connectivity index (χ3v) is 3.60. The summed E-state index contributed by atoms with van der Waals surface area (Å²) in [6.45, 7) is 3.76. The van der Waals surface area contributed by atoms with Crippen LogP contribution in [0.5, 0.6) is 0 Å². The van der Waals surface area contributed by atoms with Gasteiger partial charge in [0.25, 0.3) is 0 Å². The number of carbonyl (C=O) groups excluding carboxylic acids is 1. The van der Waals surface area contributed by atoms with E-state index in [-0.39, 0.29) is 18.0 Å². The molecule has 0 bridgehead atoms. The Kier molecular flexibility index (Phi) is 4.22. The number of benzene rings is 1. The Morgan fingerprint density at radius 1 is 1.50 bits per heavy atom. The second kappa shape index (κ2) is 5.69. The summed E-state index contributed by atoms with van der Waals surface area (Å²) in [5, 5.41) is 0.708. The summed E-state index contributed by atoms with van der Waals surface area (Å²) in [5.74, 6) is -0.337. The van der Waals surface area contributed by atoms with Crippen molar-refractivity contribution in [1.82, 2.24) is 4.90 Å². The van der Waals surface area contributed by atoms with Crippen molar-refractivity contribution in [2.24, 2.45) is 5.73 Å². The minimum Gasteiger partial charge on any atom is -0.378 e. The van der Waals surface area contributed by atoms with Crippen molar-refractivity contribution in [3.63, 3.8) is 0 Å². The van der Waals surface area contributed by atoms with Gasteiger partial charge < -0.3 is 10.5 Å². The number of ether oxygens (including phenoxy) is 1. The lowest BCUT2D eigenvalue weighted by Gasteiger charge is -2.38. The molecule has 0 aromatic heterocycles. The minimum absolute atomic E-state index is 0.115. The molecule has 2 atom stereocenters. The van der Waals surface area contributed by atoms with Crippen LogP contribution in [0.3, 0.4) is 0 Å². The smallest absolute Gasteiger partial charge is 0.237 e. The van der Waals surface area contributed by atoms with E-state index < -0.39 is 0 Å². The number of rotatable bonds is 3. The van der Waals surface area contributed by atoms with Crippen molar-refractivity contribution in [2.45, 2.75) is 19.0 Å². The van der Waals surface area contributed by atoms with Gasteiger partial charge in [-0.15, -0.1) is 0 Å². The zero-order valence-electron chi connectivity index (χ0n) is 10.3. The van der Waals surface area contributed by atoms with Crippen LogP contribution in [0.4, 0.5) is 0 Å². The highest BCUT2D eigenvalue weighted by Gasteiger charge is 2.31. The normalized spacial score (nSPS) is 22.7. The number of hydrogen-bond donors (Lipinski definition) is 1. The number of halogens is 1. The fraction of sp³-hybridized carbons (Fsp3) is 0.462. The van der Waals surface area contributed by atoms with Crippen LogP contribution in [0.1, 0.15) is 18.5 Å². The fourth-order valence-corrected chi connectivity index (χ4v) is 2.38. The van der Waals surface area contributed by atoms with E-state index in [0.717, 1.165) is 5.56 Å². The Hall–Kier alpha value is -1.10. The zero-order chi connectivity index (χ0) is 13.1. The Morgan fingerprint density at radius 3 is 2.78 bits per heavy atom. The van der Waals surface area contributed by atoms with E-state index in [1.807, 2.05) is 24.3 Å². The van der Waals surface area contributed by atoms with Gasteiger partial charge in [0.05, 0.1) is 13.2 Å². The average Bonchev–Trinajstić information content (AvgIpc) is 2.39. The highest BCUT2D eigenvalue weighted by atomic mass is 35.5. The molecular formula is C13H17ClN2O2. The molecule has 2 rings (SSSR count). The van der Waals surface area contributed by atoms with E-state index in [2.05, 4.69) is 11.8 Å². The summed E-state index contributed by atoms with van der Waals surface area (Å²) in [6.07, 6.45) is 0. The van der Waals surface area contributed by atoms with E-state index in [1.54, 1.807) is 0 Å². The third kappa shape index (κ3) is 2.83. The SMILES string of the molecule is C[C@@H](c1ccc(Cl)cc1)N1CCOCC1C(N)=O. The summed E-state index contributed by atoms with van der Waals surface area (Å²) in [7, 11) is 0. The number of hydrogen-bond acceptors (Lipinski definition) is 3. The summed E-state index contributed by atoms with van der Waals surface area (Å²) in [6, 6.07) is 7.41. The maximum Gasteiger partial charge on any atom is 0.237 e. The van der Waals surface area contributed by atoms with Gasteiger partial charge in [0.15, 0.2) is 0 Å². The molecule has 1 aromatic carbocycles. The summed E-state index contributed by atoms with van der Waals surface area (Å²) in [5.41, 5.74) is 6.53. The minimum atomic E-state index is -0.357. The lowest BCUT2D eigenvalue weighted by atomic mass is 10.0. The van der Waals surface area contributed by atoms with Crippen molar-refractivity contribution in [3.8, 4) is 0 Å². The highest BCUT2D eigenvalue weighted by molar-refractivity contribution is 6.30. The van der Waals surface area contributed by atoms with Crippen molar-refractivity contribution >= 4 is 17.5 Å². The van der Waals surface area contributed by atoms with Crippen LogP contribution in [0.2, 0.25) is 5.02 Å². The van der Waals surface area contributed by atoms with E-state index in [1.165, 1.54) is 0 Å². The van der Waals surface area contributed by atoms with E-state index in [9.17, 15) is 4.79 Å². The molecule has 1 heterocycles. The molecular weight excluding hydrogens is 252 g/mol. The van der Waals surface area contributed by atoms with Gasteiger partial charge in [-0.25, -0.2) is 0 Å². The molecule has 1 saturated heterocycles. The molecule has 98 valence electrons. The van der Waals surface area contributed by atoms with Crippen molar-refractivity contribution in [1.29, 1.82) is 0 Å². The van der Waals surface area contributed by atoms with Gasteiger partial charge in [0.2, 0.25) is 5.91 Å². The largest absolute Gasteiger partial charge is 0.378 e. The number of morpholine rings is 1. The average molecular weight is 269 g/mol. The number of primary amides is 1. The molecule has 2 N–H and O–H groups in total. The number of nitrogens with zero attached hydrogens (tertiary/aromatic N) is 1. The van der Waals surface area contributed by atoms with Crippen LogP contribution in [0.15, 0.2) is 24.3 Å². The van der Waals surface area contributed by atoms with Crippen molar-refractivity contribution in [3.05, 3.63) is 34.9 Å². The predicted octanol–water partition coefficient (Wildman–Crippen LogP) is 1.59. The van der Waals surface area contributed by atoms with E-state index in [0.29, 0.717) is 24.8 Å². The standard InChI is InChI=1S/C13H17ClN2O2/c1-9(10-2-4-11(14)5-3-10)16-6-7-18-8-12(16)13(15)17/h2-5,9,12H,6-8H2,1H3,(H2,15,17)/t9-,12?/m0/s1. The number of nitrogens with two attached hydrogens (primary N) is 1. The van der Waals surface area contributed by atoms with Gasteiger partial charge >= 0.3 is 0 Å². The maximum absolute atomic E-state index is 11.4. The van der Waals surface area contributed by atoms with Crippen LogP contribution < -0.4 is 5.73 Å². The molecule has 1 aliphatic heterocycles. The van der Waals surface area contributed by atoms with Gasteiger partial charge in [0, 0.05) is 17.6 Å². The fourth-order valence-electron chi connectivity index (χ4n) is 2.26. The Balaban J connectivity index is 2.17. The van der Waals surface area contributed by atoms with Crippen LogP contribution >= 0.6 is 11.6 Å². The summed E-state index contributed by atoms with van der Waals surface area (Å²) >= 11 is 5.87. The molecule has 1 amide bonds. The van der Waals surface area contributed by atoms with Crippen LogP contribution in [0, 0.1) is 0 Å². The molecule has 1 aromatic rings. The first-order valence-corrected chi connectivity index (χ1v) is 6.35. The first-order valence-electron chi connectivity index (χ1n) is 5.98. The van der Waals surface area contributed by atoms with Crippen molar-refractivity contribution in [2.75, 3.05) is 19.8 Å². The van der Waals surface area contributed by atoms with Crippen molar-refractivity contribution < 1.29 is 9.53 Å². The lowest BCUT2D eigenvalue weighted by molar-refractivity contribution is -0.131. The van der Waals surface area contributed by atoms with Gasteiger partial charge in [-0.3, -0.25) is 9.69 Å².